The van der Waals surface area contributed by atoms with E-state index in [-0.39, 0.29) is 0 Å². The molecule has 0 aliphatic rings. The highest BCUT2D eigenvalue weighted by Crippen LogP contribution is 2.35. The second-order valence-corrected chi connectivity index (χ2v) is 4.76. The van der Waals surface area contributed by atoms with Crippen LogP contribution in [0.25, 0.3) is 10.8 Å². The van der Waals surface area contributed by atoms with Gasteiger partial charge < -0.3 is 14.6 Å². The second-order valence-electron chi connectivity index (χ2n) is 4.76. The molecule has 106 valence electrons. The first-order valence-electron chi connectivity index (χ1n) is 6.44. The average molecular weight is 274 g/mol. The van der Waals surface area contributed by atoms with E-state index < -0.39 is 11.9 Å². The van der Waals surface area contributed by atoms with Gasteiger partial charge in [-0.2, -0.15) is 0 Å². The van der Waals surface area contributed by atoms with Crippen molar-refractivity contribution in [3.8, 4) is 11.5 Å². The molecule has 0 aromatic heterocycles. The lowest BCUT2D eigenvalue weighted by molar-refractivity contribution is -0.141. The Kier molecular flexibility index (Phi) is 4.13. The van der Waals surface area contributed by atoms with Crippen LogP contribution in [-0.2, 0) is 11.2 Å². The zero-order valence-corrected chi connectivity index (χ0v) is 11.8. The van der Waals surface area contributed by atoms with E-state index in [0.29, 0.717) is 6.42 Å². The molecule has 0 heterocycles. The number of benzene rings is 2. The first-order valence-corrected chi connectivity index (χ1v) is 6.44. The maximum atomic E-state index is 11.0. The number of methoxy groups -OCH3 is 2. The fourth-order valence-corrected chi connectivity index (χ4v) is 2.34. The van der Waals surface area contributed by atoms with E-state index in [0.717, 1.165) is 27.8 Å². The number of carbonyl (C=O) groups is 1. The van der Waals surface area contributed by atoms with Crippen molar-refractivity contribution < 1.29 is 19.4 Å². The van der Waals surface area contributed by atoms with E-state index in [2.05, 4.69) is 0 Å². The molecule has 2 rings (SSSR count). The largest absolute Gasteiger partial charge is 0.496 e. The lowest BCUT2D eigenvalue weighted by Gasteiger charge is -2.15. The molecule has 0 fully saturated rings. The summed E-state index contributed by atoms with van der Waals surface area (Å²) in [6.45, 7) is 1.69. The van der Waals surface area contributed by atoms with Gasteiger partial charge >= 0.3 is 5.97 Å². The number of ether oxygens (including phenoxy) is 2. The molecule has 1 N–H and O–H groups in total. The van der Waals surface area contributed by atoms with Gasteiger partial charge in [-0.3, -0.25) is 4.79 Å². The summed E-state index contributed by atoms with van der Waals surface area (Å²) in [5, 5.41) is 10.9. The number of hydrogen-bond acceptors (Lipinski definition) is 3. The van der Waals surface area contributed by atoms with E-state index >= 15 is 0 Å². The van der Waals surface area contributed by atoms with Crippen molar-refractivity contribution in [1.29, 1.82) is 0 Å². The van der Waals surface area contributed by atoms with Gasteiger partial charge in [0.25, 0.3) is 0 Å². The Hall–Kier alpha value is -2.23. The van der Waals surface area contributed by atoms with Gasteiger partial charge in [0.05, 0.1) is 20.1 Å². The highest BCUT2D eigenvalue weighted by atomic mass is 16.5. The van der Waals surface area contributed by atoms with Crippen molar-refractivity contribution in [2.75, 3.05) is 14.2 Å². The molecule has 0 spiro atoms. The number of aliphatic carboxylic acids is 1. The van der Waals surface area contributed by atoms with Gasteiger partial charge in [0.15, 0.2) is 0 Å². The van der Waals surface area contributed by atoms with Gasteiger partial charge in [0.1, 0.15) is 11.5 Å². The second kappa shape index (κ2) is 5.82. The Morgan fingerprint density at radius 3 is 2.50 bits per heavy atom. The van der Waals surface area contributed by atoms with Crippen LogP contribution in [0.5, 0.6) is 11.5 Å². The Morgan fingerprint density at radius 1 is 1.15 bits per heavy atom. The van der Waals surface area contributed by atoms with E-state index in [9.17, 15) is 4.79 Å². The van der Waals surface area contributed by atoms with Crippen LogP contribution in [-0.4, -0.2) is 25.3 Å². The molecule has 2 aromatic rings. The van der Waals surface area contributed by atoms with E-state index in [1.807, 2.05) is 30.3 Å². The van der Waals surface area contributed by atoms with Crippen molar-refractivity contribution in [2.45, 2.75) is 13.3 Å². The van der Waals surface area contributed by atoms with Crippen molar-refractivity contribution in [3.05, 3.63) is 35.9 Å². The third-order valence-electron chi connectivity index (χ3n) is 3.43. The molecule has 0 radical (unpaired) electrons. The van der Waals surface area contributed by atoms with Crippen LogP contribution < -0.4 is 9.47 Å². The molecule has 1 unspecified atom stereocenters. The summed E-state index contributed by atoms with van der Waals surface area (Å²) < 4.78 is 10.8. The lowest BCUT2D eigenvalue weighted by atomic mass is 9.97. The number of carboxylic acids is 1. The fraction of sp³-hybridized carbons (Fsp3) is 0.312. The highest BCUT2D eigenvalue weighted by molar-refractivity contribution is 5.94. The third kappa shape index (κ3) is 2.54. The minimum absolute atomic E-state index is 0.436. The van der Waals surface area contributed by atoms with Crippen LogP contribution in [0.4, 0.5) is 0 Å². The summed E-state index contributed by atoms with van der Waals surface area (Å²) in [6, 6.07) is 9.59. The first kappa shape index (κ1) is 14.2. The Labute approximate surface area is 117 Å². The van der Waals surface area contributed by atoms with Crippen LogP contribution in [0.1, 0.15) is 12.5 Å². The maximum Gasteiger partial charge on any atom is 0.306 e. The zero-order chi connectivity index (χ0) is 14.7. The van der Waals surface area contributed by atoms with E-state index in [1.165, 1.54) is 0 Å². The first-order chi connectivity index (χ1) is 9.58. The van der Waals surface area contributed by atoms with Crippen molar-refractivity contribution in [2.24, 2.45) is 5.92 Å². The zero-order valence-electron chi connectivity index (χ0n) is 11.8. The monoisotopic (exact) mass is 274 g/mol. The van der Waals surface area contributed by atoms with Crippen LogP contribution in [0.15, 0.2) is 30.3 Å². The summed E-state index contributed by atoms with van der Waals surface area (Å²) in [6.07, 6.45) is 0.436. The van der Waals surface area contributed by atoms with Crippen LogP contribution in [0, 0.1) is 5.92 Å². The average Bonchev–Trinajstić information content (AvgIpc) is 2.45. The molecule has 4 heteroatoms. The molecule has 4 nitrogen and oxygen atoms in total. The normalized spacial score (nSPS) is 12.2. The minimum Gasteiger partial charge on any atom is -0.496 e. The molecule has 0 saturated carbocycles. The molecular weight excluding hydrogens is 256 g/mol. The van der Waals surface area contributed by atoms with Crippen molar-refractivity contribution >= 4 is 16.7 Å². The molecular formula is C16H18O4. The highest BCUT2D eigenvalue weighted by Gasteiger charge is 2.17. The number of rotatable bonds is 5. The van der Waals surface area contributed by atoms with Gasteiger partial charge in [0, 0.05) is 10.8 Å². The number of fused-ring (bicyclic) bond motifs is 1. The smallest absolute Gasteiger partial charge is 0.306 e. The van der Waals surface area contributed by atoms with Crippen LogP contribution in [0.2, 0.25) is 0 Å². The van der Waals surface area contributed by atoms with Gasteiger partial charge in [-0.05, 0) is 18.1 Å². The minimum atomic E-state index is -0.808. The molecule has 2 aromatic carbocycles. The van der Waals surface area contributed by atoms with Gasteiger partial charge in [-0.25, -0.2) is 0 Å². The number of hydrogen-bond donors (Lipinski definition) is 1. The Morgan fingerprint density at radius 2 is 1.90 bits per heavy atom. The Bertz CT molecular complexity index is 634. The summed E-state index contributed by atoms with van der Waals surface area (Å²) in [5.74, 6) is 0.234. The predicted octanol–water partition coefficient (Wildman–Crippen LogP) is 3.12. The Balaban J connectivity index is 2.55. The quantitative estimate of drug-likeness (QED) is 0.910. The van der Waals surface area contributed by atoms with E-state index in [4.69, 9.17) is 14.6 Å². The summed E-state index contributed by atoms with van der Waals surface area (Å²) >= 11 is 0. The molecule has 0 aliphatic carbocycles. The number of carboxylic acid groups (broad SMARTS) is 1. The van der Waals surface area contributed by atoms with Gasteiger partial charge in [0.2, 0.25) is 0 Å². The third-order valence-corrected chi connectivity index (χ3v) is 3.43. The molecule has 0 bridgehead atoms. The fourth-order valence-electron chi connectivity index (χ4n) is 2.34. The predicted molar refractivity (Wildman–Crippen MR) is 77.6 cm³/mol. The molecule has 0 aliphatic heterocycles. The van der Waals surface area contributed by atoms with E-state index in [1.54, 1.807) is 21.1 Å². The molecule has 20 heavy (non-hydrogen) atoms. The summed E-state index contributed by atoms with van der Waals surface area (Å²) in [5.41, 5.74) is 0.892. The van der Waals surface area contributed by atoms with Crippen LogP contribution >= 0.6 is 0 Å². The molecule has 0 saturated heterocycles. The molecule has 0 amide bonds. The van der Waals surface area contributed by atoms with Gasteiger partial charge in [-0.1, -0.05) is 31.2 Å². The standard InChI is InChI=1S/C16H18O4/c1-10(16(17)18)9-11-7-8-12-13(15(11)20-3)5-4-6-14(12)19-2/h4-8,10H,9H2,1-3H3,(H,17,18). The van der Waals surface area contributed by atoms with Gasteiger partial charge in [-0.15, -0.1) is 0 Å². The van der Waals surface area contributed by atoms with Crippen molar-refractivity contribution in [3.63, 3.8) is 0 Å². The lowest BCUT2D eigenvalue weighted by Crippen LogP contribution is -2.12. The topological polar surface area (TPSA) is 55.8 Å². The molecule has 1 atom stereocenters. The van der Waals surface area contributed by atoms with Crippen LogP contribution in [0.3, 0.4) is 0 Å². The van der Waals surface area contributed by atoms with Crippen molar-refractivity contribution in [1.82, 2.24) is 0 Å². The SMILES string of the molecule is COc1cccc2c(OC)c(CC(C)C(=O)O)ccc12. The summed E-state index contributed by atoms with van der Waals surface area (Å²) in [7, 11) is 3.23. The maximum absolute atomic E-state index is 11.0. The summed E-state index contributed by atoms with van der Waals surface area (Å²) in [4.78, 5) is 11.0.